The standard InChI is InChI=1S/2C27H36N6O3/c2*1-18(2)33-17-23-24(26(33)35)28-27(31-14-12-30(13-15-31)19(3)34)29-25(23)32-11-5-6-21(32)16-20-7-9-22(36-4)10-8-20/h2*7-10,18,21H,5-6,11-17H2,1-4H3. The van der Waals surface area contributed by atoms with E-state index < -0.39 is 0 Å². The first-order valence-electron chi connectivity index (χ1n) is 25.9. The van der Waals surface area contributed by atoms with Gasteiger partial charge in [0.1, 0.15) is 34.5 Å². The van der Waals surface area contributed by atoms with E-state index in [-0.39, 0.29) is 35.7 Å². The lowest BCUT2D eigenvalue weighted by molar-refractivity contribution is -0.129. The summed E-state index contributed by atoms with van der Waals surface area (Å²) in [5, 5.41) is 0. The Morgan fingerprint density at radius 2 is 0.903 bits per heavy atom. The number of carbonyl (C=O) groups is 4. The molecule has 0 bridgehead atoms. The molecule has 0 aliphatic carbocycles. The Morgan fingerprint density at radius 3 is 1.22 bits per heavy atom. The average molecular weight is 985 g/mol. The van der Waals surface area contributed by atoms with E-state index in [1.54, 1.807) is 28.1 Å². The third-order valence-corrected chi connectivity index (χ3v) is 15.4. The molecule has 18 heteroatoms. The molecule has 0 saturated carbocycles. The molecule has 18 nitrogen and oxygen atoms in total. The van der Waals surface area contributed by atoms with Crippen LogP contribution in [0, 0.1) is 0 Å². The zero-order valence-corrected chi connectivity index (χ0v) is 43.5. The minimum atomic E-state index is -0.0156. The van der Waals surface area contributed by atoms with Crippen molar-refractivity contribution in [3.8, 4) is 11.5 Å². The van der Waals surface area contributed by atoms with Crippen molar-refractivity contribution in [3.05, 3.63) is 82.2 Å². The first kappa shape index (κ1) is 50.2. The van der Waals surface area contributed by atoms with Crippen LogP contribution in [-0.2, 0) is 35.5 Å². The molecule has 0 N–H and O–H groups in total. The summed E-state index contributed by atoms with van der Waals surface area (Å²) in [6, 6.07) is 17.4. The van der Waals surface area contributed by atoms with Crippen LogP contribution in [0.5, 0.6) is 11.5 Å². The topological polar surface area (TPSA) is 164 Å². The Labute approximate surface area is 424 Å². The van der Waals surface area contributed by atoms with Crippen molar-refractivity contribution in [2.45, 2.75) is 117 Å². The second kappa shape index (κ2) is 21.6. The van der Waals surface area contributed by atoms with Crippen LogP contribution >= 0.6 is 0 Å². The van der Waals surface area contributed by atoms with Gasteiger partial charge in [0.05, 0.1) is 27.3 Å². The van der Waals surface area contributed by atoms with Crippen molar-refractivity contribution in [1.82, 2.24) is 39.5 Å². The van der Waals surface area contributed by atoms with Crippen LogP contribution in [0.4, 0.5) is 23.5 Å². The largest absolute Gasteiger partial charge is 0.497 e. The molecule has 384 valence electrons. The smallest absolute Gasteiger partial charge is 0.273 e. The van der Waals surface area contributed by atoms with Gasteiger partial charge in [0.15, 0.2) is 0 Å². The number of amides is 4. The monoisotopic (exact) mass is 985 g/mol. The molecule has 4 aromatic rings. The zero-order chi connectivity index (χ0) is 50.8. The van der Waals surface area contributed by atoms with Gasteiger partial charge in [-0.15, -0.1) is 0 Å². The van der Waals surface area contributed by atoms with Gasteiger partial charge in [0.25, 0.3) is 11.8 Å². The van der Waals surface area contributed by atoms with Gasteiger partial charge < -0.3 is 48.7 Å². The predicted octanol–water partition coefficient (Wildman–Crippen LogP) is 5.46. The number of piperazine rings is 2. The Hall–Kier alpha value is -6.72. The van der Waals surface area contributed by atoms with Crippen molar-refractivity contribution in [3.63, 3.8) is 0 Å². The predicted molar refractivity (Wildman–Crippen MR) is 277 cm³/mol. The van der Waals surface area contributed by atoms with Gasteiger partial charge in [-0.1, -0.05) is 24.3 Å². The van der Waals surface area contributed by atoms with E-state index in [9.17, 15) is 19.2 Å². The minimum absolute atomic E-state index is 0.0156. The molecule has 6 aliphatic heterocycles. The molecule has 2 aromatic heterocycles. The summed E-state index contributed by atoms with van der Waals surface area (Å²) >= 11 is 0. The SMILES string of the molecule is COc1ccc(CC2CCCN2c2nc(N3CCN(C(C)=O)CC3)nc3c2CN(C(C)C)C3=O)cc1.COc1ccc(CC2CCCN2c2nc(N3CCN(C(C)=O)CC3)nc3c2CN(C(C)C)C3=O)cc1. The molecule has 2 unspecified atom stereocenters. The van der Waals surface area contributed by atoms with E-state index in [1.165, 1.54) is 11.1 Å². The number of benzene rings is 2. The normalized spacial score (nSPS) is 19.9. The number of ether oxygens (including phenoxy) is 2. The lowest BCUT2D eigenvalue weighted by Crippen LogP contribution is -2.48. The number of rotatable bonds is 12. The van der Waals surface area contributed by atoms with E-state index in [0.717, 1.165) is 85.9 Å². The van der Waals surface area contributed by atoms with E-state index in [0.29, 0.717) is 101 Å². The fraction of sp³-hybridized carbons (Fsp3) is 0.556. The number of fused-ring (bicyclic) bond motifs is 2. The first-order valence-corrected chi connectivity index (χ1v) is 25.9. The van der Waals surface area contributed by atoms with Gasteiger partial charge in [-0.3, -0.25) is 19.2 Å². The number of aromatic nitrogens is 4. The molecule has 2 atom stereocenters. The Kier molecular flexibility index (Phi) is 15.0. The van der Waals surface area contributed by atoms with E-state index in [2.05, 4.69) is 43.9 Å². The maximum absolute atomic E-state index is 13.3. The van der Waals surface area contributed by atoms with Gasteiger partial charge in [0.2, 0.25) is 23.7 Å². The number of anilines is 4. The lowest BCUT2D eigenvalue weighted by atomic mass is 10.0. The van der Waals surface area contributed by atoms with Crippen LogP contribution in [-0.4, -0.2) is 167 Å². The zero-order valence-electron chi connectivity index (χ0n) is 43.5. The number of nitrogens with zero attached hydrogens (tertiary/aromatic N) is 12. The summed E-state index contributed by atoms with van der Waals surface area (Å²) in [5.41, 5.74) is 5.49. The number of methoxy groups -OCH3 is 2. The third-order valence-electron chi connectivity index (χ3n) is 15.4. The summed E-state index contributed by atoms with van der Waals surface area (Å²) in [6.45, 7) is 19.5. The fourth-order valence-corrected chi connectivity index (χ4v) is 11.1. The van der Waals surface area contributed by atoms with Crippen LogP contribution in [0.3, 0.4) is 0 Å². The summed E-state index contributed by atoms with van der Waals surface area (Å²) in [7, 11) is 3.37. The van der Waals surface area contributed by atoms with Crippen LogP contribution in [0.1, 0.15) is 110 Å². The van der Waals surface area contributed by atoms with Gasteiger partial charge in [0, 0.05) is 115 Å². The molecule has 2 aromatic carbocycles. The van der Waals surface area contributed by atoms with Gasteiger partial charge in [-0.25, -0.2) is 9.97 Å². The van der Waals surface area contributed by atoms with E-state index >= 15 is 0 Å². The van der Waals surface area contributed by atoms with E-state index in [1.807, 2.05) is 71.6 Å². The summed E-state index contributed by atoms with van der Waals surface area (Å²) in [5.74, 6) is 4.86. The van der Waals surface area contributed by atoms with Gasteiger partial charge >= 0.3 is 0 Å². The molecule has 10 rings (SSSR count). The second-order valence-corrected chi connectivity index (χ2v) is 20.5. The number of hydrogen-bond acceptors (Lipinski definition) is 14. The van der Waals surface area contributed by atoms with Crippen LogP contribution in [0.25, 0.3) is 0 Å². The summed E-state index contributed by atoms with van der Waals surface area (Å²) in [4.78, 5) is 86.6. The van der Waals surface area contributed by atoms with Gasteiger partial charge in [-0.05, 0) is 102 Å². The van der Waals surface area contributed by atoms with Crippen LogP contribution < -0.4 is 29.1 Å². The molecule has 8 heterocycles. The van der Waals surface area contributed by atoms with Crippen molar-refractivity contribution < 1.29 is 28.7 Å². The second-order valence-electron chi connectivity index (χ2n) is 20.5. The molecular weight excluding hydrogens is 913 g/mol. The summed E-state index contributed by atoms with van der Waals surface area (Å²) in [6.07, 6.45) is 6.18. The molecular formula is C54H72N12O6. The molecule has 6 aliphatic rings. The Bertz CT molecular complexity index is 2430. The van der Waals surface area contributed by atoms with Crippen molar-refractivity contribution in [2.75, 3.05) is 99.3 Å². The number of carbonyl (C=O) groups excluding carboxylic acids is 4. The maximum Gasteiger partial charge on any atom is 0.273 e. The molecule has 4 saturated heterocycles. The maximum atomic E-state index is 13.3. The molecule has 0 radical (unpaired) electrons. The third kappa shape index (κ3) is 10.4. The quantitative estimate of drug-likeness (QED) is 0.176. The van der Waals surface area contributed by atoms with Gasteiger partial charge in [-0.2, -0.15) is 9.97 Å². The van der Waals surface area contributed by atoms with Crippen molar-refractivity contribution in [1.29, 1.82) is 0 Å². The molecule has 0 spiro atoms. The highest BCUT2D eigenvalue weighted by Gasteiger charge is 2.41. The average Bonchev–Trinajstić information content (AvgIpc) is 4.20. The highest BCUT2D eigenvalue weighted by molar-refractivity contribution is 5.99. The summed E-state index contributed by atoms with van der Waals surface area (Å²) < 4.78 is 10.6. The number of hydrogen-bond donors (Lipinski definition) is 0. The highest BCUT2D eigenvalue weighted by Crippen LogP contribution is 2.39. The first-order chi connectivity index (χ1) is 34.7. The minimum Gasteiger partial charge on any atom is -0.497 e. The molecule has 4 fully saturated rings. The highest BCUT2D eigenvalue weighted by atomic mass is 16.5. The lowest BCUT2D eigenvalue weighted by Gasteiger charge is -2.35. The van der Waals surface area contributed by atoms with Crippen LogP contribution in [0.2, 0.25) is 0 Å². The van der Waals surface area contributed by atoms with Crippen molar-refractivity contribution in [2.24, 2.45) is 0 Å². The fourth-order valence-electron chi connectivity index (χ4n) is 11.1. The van der Waals surface area contributed by atoms with Crippen molar-refractivity contribution >= 4 is 47.2 Å². The Morgan fingerprint density at radius 1 is 0.542 bits per heavy atom. The molecule has 4 amide bonds. The van der Waals surface area contributed by atoms with E-state index in [4.69, 9.17) is 29.4 Å². The molecule has 72 heavy (non-hydrogen) atoms. The van der Waals surface area contributed by atoms with Crippen LogP contribution in [0.15, 0.2) is 48.5 Å². The Balaban J connectivity index is 0.000000178.